The van der Waals surface area contributed by atoms with Crippen LogP contribution < -0.4 is 0 Å². The number of carbonyl (C=O) groups excluding carboxylic acids is 2. The Bertz CT molecular complexity index is 610. The van der Waals surface area contributed by atoms with Crippen molar-refractivity contribution in [2.75, 3.05) is 13.1 Å². The van der Waals surface area contributed by atoms with Gasteiger partial charge in [-0.05, 0) is 5.56 Å². The van der Waals surface area contributed by atoms with Crippen LogP contribution in [0.5, 0.6) is 0 Å². The van der Waals surface area contributed by atoms with E-state index in [1.807, 2.05) is 34.1 Å². The molecule has 3 aliphatic rings. The standard InChI is InChI=1S/C17H18N2O2/c20-15-8-4-7-14-16-13(11-19(14)15)10-18(17(16)21)9-12-5-2-1-3-6-12/h1-7,13-14,16H,8-11H2/t13-,14-,16-/m0/s1. The van der Waals surface area contributed by atoms with Gasteiger partial charge in [-0.25, -0.2) is 0 Å². The minimum atomic E-state index is -0.0331. The van der Waals surface area contributed by atoms with Crippen molar-refractivity contribution >= 4 is 11.8 Å². The Kier molecular flexibility index (Phi) is 2.84. The van der Waals surface area contributed by atoms with Gasteiger partial charge in [-0.1, -0.05) is 42.5 Å². The zero-order valence-electron chi connectivity index (χ0n) is 11.8. The molecule has 3 heterocycles. The lowest BCUT2D eigenvalue weighted by atomic mass is 9.92. The molecule has 0 bridgehead atoms. The fourth-order valence-corrected chi connectivity index (χ4v) is 3.93. The first-order chi connectivity index (χ1) is 10.2. The number of rotatable bonds is 2. The van der Waals surface area contributed by atoms with E-state index in [9.17, 15) is 9.59 Å². The van der Waals surface area contributed by atoms with Crippen molar-refractivity contribution in [3.8, 4) is 0 Å². The highest BCUT2D eigenvalue weighted by molar-refractivity contribution is 5.87. The van der Waals surface area contributed by atoms with Gasteiger partial charge in [0.25, 0.3) is 0 Å². The highest BCUT2D eigenvalue weighted by Crippen LogP contribution is 2.39. The number of benzene rings is 1. The molecule has 4 nitrogen and oxygen atoms in total. The van der Waals surface area contributed by atoms with Gasteiger partial charge in [0.1, 0.15) is 0 Å². The molecule has 0 aliphatic carbocycles. The maximum absolute atomic E-state index is 12.7. The molecule has 4 heteroatoms. The fourth-order valence-electron chi connectivity index (χ4n) is 3.93. The highest BCUT2D eigenvalue weighted by atomic mass is 16.2. The average Bonchev–Trinajstić information content (AvgIpc) is 2.99. The van der Waals surface area contributed by atoms with Gasteiger partial charge in [-0.15, -0.1) is 0 Å². The van der Waals surface area contributed by atoms with Gasteiger partial charge in [-0.3, -0.25) is 9.59 Å². The molecule has 0 unspecified atom stereocenters. The topological polar surface area (TPSA) is 40.6 Å². The number of carbonyl (C=O) groups is 2. The van der Waals surface area contributed by atoms with E-state index in [0.717, 1.165) is 18.7 Å². The second kappa shape index (κ2) is 4.72. The monoisotopic (exact) mass is 282 g/mol. The van der Waals surface area contributed by atoms with Crippen molar-refractivity contribution in [3.05, 3.63) is 48.0 Å². The zero-order chi connectivity index (χ0) is 14.4. The molecule has 2 fully saturated rings. The van der Waals surface area contributed by atoms with E-state index in [0.29, 0.717) is 13.0 Å². The number of likely N-dealkylation sites (tertiary alicyclic amines) is 1. The van der Waals surface area contributed by atoms with Gasteiger partial charge in [-0.2, -0.15) is 0 Å². The van der Waals surface area contributed by atoms with Crippen LogP contribution in [0.4, 0.5) is 0 Å². The summed E-state index contributed by atoms with van der Waals surface area (Å²) in [6.45, 7) is 2.18. The fraction of sp³-hybridized carbons (Fsp3) is 0.412. The Balaban J connectivity index is 1.54. The molecule has 2 saturated heterocycles. The second-order valence-electron chi connectivity index (χ2n) is 6.16. The molecule has 1 aromatic rings. The van der Waals surface area contributed by atoms with Gasteiger partial charge in [0, 0.05) is 32.0 Å². The molecule has 4 rings (SSSR count). The van der Waals surface area contributed by atoms with Crippen LogP contribution in [0.15, 0.2) is 42.5 Å². The minimum absolute atomic E-state index is 0.00970. The zero-order valence-corrected chi connectivity index (χ0v) is 11.8. The van der Waals surface area contributed by atoms with E-state index in [2.05, 4.69) is 18.2 Å². The first kappa shape index (κ1) is 12.6. The van der Waals surface area contributed by atoms with E-state index in [1.54, 1.807) is 0 Å². The van der Waals surface area contributed by atoms with E-state index in [1.165, 1.54) is 0 Å². The van der Waals surface area contributed by atoms with E-state index in [4.69, 9.17) is 0 Å². The SMILES string of the molecule is O=C1[C@H]2[C@@H](CN1Cc1ccccc1)CN1C(=O)CC=C[C@@H]21. The predicted molar refractivity (Wildman–Crippen MR) is 78.1 cm³/mol. The van der Waals surface area contributed by atoms with Crippen LogP contribution in [0.25, 0.3) is 0 Å². The summed E-state index contributed by atoms with van der Waals surface area (Å²) in [4.78, 5) is 28.5. The molecule has 0 spiro atoms. The van der Waals surface area contributed by atoms with Crippen LogP contribution in [-0.2, 0) is 16.1 Å². The normalized spacial score (nSPS) is 30.8. The van der Waals surface area contributed by atoms with Crippen molar-refractivity contribution in [1.29, 1.82) is 0 Å². The lowest BCUT2D eigenvalue weighted by molar-refractivity contribution is -0.135. The number of nitrogens with zero attached hydrogens (tertiary/aromatic N) is 2. The number of amides is 2. The summed E-state index contributed by atoms with van der Waals surface area (Å²) in [6.07, 6.45) is 4.45. The van der Waals surface area contributed by atoms with E-state index >= 15 is 0 Å². The lowest BCUT2D eigenvalue weighted by Gasteiger charge is -2.29. The van der Waals surface area contributed by atoms with Gasteiger partial charge in [0.15, 0.2) is 0 Å². The maximum Gasteiger partial charge on any atom is 0.228 e. The summed E-state index contributed by atoms with van der Waals surface area (Å²) in [6, 6.07) is 10.1. The van der Waals surface area contributed by atoms with Crippen molar-refractivity contribution in [1.82, 2.24) is 9.80 Å². The van der Waals surface area contributed by atoms with Crippen LogP contribution in [-0.4, -0.2) is 40.7 Å². The third kappa shape index (κ3) is 1.97. The average molecular weight is 282 g/mol. The van der Waals surface area contributed by atoms with Crippen LogP contribution in [0.3, 0.4) is 0 Å². The summed E-state index contributed by atoms with van der Waals surface area (Å²) in [5.41, 5.74) is 1.16. The lowest BCUT2D eigenvalue weighted by Crippen LogP contribution is -2.42. The van der Waals surface area contributed by atoms with Gasteiger partial charge in [0.2, 0.25) is 11.8 Å². The molecule has 108 valence electrons. The molecule has 0 radical (unpaired) electrons. The molecule has 0 aromatic heterocycles. The molecule has 0 N–H and O–H groups in total. The van der Waals surface area contributed by atoms with Gasteiger partial charge < -0.3 is 9.80 Å². The van der Waals surface area contributed by atoms with Crippen LogP contribution >= 0.6 is 0 Å². The third-order valence-corrected chi connectivity index (χ3v) is 4.88. The van der Waals surface area contributed by atoms with Crippen molar-refractivity contribution in [2.45, 2.75) is 19.0 Å². The minimum Gasteiger partial charge on any atom is -0.338 e. The molecule has 21 heavy (non-hydrogen) atoms. The van der Waals surface area contributed by atoms with E-state index in [-0.39, 0.29) is 29.7 Å². The summed E-state index contributed by atoms with van der Waals surface area (Å²) < 4.78 is 0. The molecule has 3 aliphatic heterocycles. The quantitative estimate of drug-likeness (QED) is 0.770. The van der Waals surface area contributed by atoms with E-state index < -0.39 is 0 Å². The van der Waals surface area contributed by atoms with Crippen molar-refractivity contribution in [3.63, 3.8) is 0 Å². The Morgan fingerprint density at radius 3 is 2.71 bits per heavy atom. The van der Waals surface area contributed by atoms with Gasteiger partial charge >= 0.3 is 0 Å². The number of hydrogen-bond donors (Lipinski definition) is 0. The Labute approximate surface area is 124 Å². The van der Waals surface area contributed by atoms with Gasteiger partial charge in [0.05, 0.1) is 12.0 Å². The third-order valence-electron chi connectivity index (χ3n) is 4.88. The van der Waals surface area contributed by atoms with Crippen LogP contribution in [0.1, 0.15) is 12.0 Å². The Hall–Kier alpha value is -2.10. The van der Waals surface area contributed by atoms with Crippen LogP contribution in [0.2, 0.25) is 0 Å². The summed E-state index contributed by atoms with van der Waals surface area (Å²) >= 11 is 0. The molecule has 0 saturated carbocycles. The smallest absolute Gasteiger partial charge is 0.228 e. The predicted octanol–water partition coefficient (Wildman–Crippen LogP) is 1.43. The summed E-state index contributed by atoms with van der Waals surface area (Å²) in [5, 5.41) is 0. The molecule has 2 amide bonds. The number of fused-ring (bicyclic) bond motifs is 3. The summed E-state index contributed by atoms with van der Waals surface area (Å²) in [7, 11) is 0. The van der Waals surface area contributed by atoms with Crippen molar-refractivity contribution < 1.29 is 9.59 Å². The van der Waals surface area contributed by atoms with Crippen molar-refractivity contribution in [2.24, 2.45) is 11.8 Å². The second-order valence-corrected chi connectivity index (χ2v) is 6.16. The Morgan fingerprint density at radius 2 is 1.90 bits per heavy atom. The number of hydrogen-bond acceptors (Lipinski definition) is 2. The molecular weight excluding hydrogens is 264 g/mol. The first-order valence-electron chi connectivity index (χ1n) is 7.53. The summed E-state index contributed by atoms with van der Waals surface area (Å²) in [5.74, 6) is 0.627. The largest absolute Gasteiger partial charge is 0.338 e. The molecule has 1 aromatic carbocycles. The Morgan fingerprint density at radius 1 is 1.10 bits per heavy atom. The molecule has 3 atom stereocenters. The molecular formula is C17H18N2O2. The maximum atomic E-state index is 12.7. The van der Waals surface area contributed by atoms with Crippen LogP contribution in [0, 0.1) is 11.8 Å². The first-order valence-corrected chi connectivity index (χ1v) is 7.53. The highest BCUT2D eigenvalue weighted by Gasteiger charge is 2.52.